The second kappa shape index (κ2) is 9.12. The van der Waals surface area contributed by atoms with E-state index in [-0.39, 0.29) is 40.6 Å². The molecule has 0 bridgehead atoms. The van der Waals surface area contributed by atoms with Crippen LogP contribution in [0.2, 0.25) is 0 Å². The summed E-state index contributed by atoms with van der Waals surface area (Å²) in [5.74, 6) is -3.78. The third-order valence-electron chi connectivity index (χ3n) is 2.66. The summed E-state index contributed by atoms with van der Waals surface area (Å²) >= 11 is 5.05. The van der Waals surface area contributed by atoms with Gasteiger partial charge in [-0.2, -0.15) is 0 Å². The van der Waals surface area contributed by atoms with Gasteiger partial charge in [-0.3, -0.25) is 9.59 Å². The number of amides is 1. The Kier molecular flexibility index (Phi) is 8.10. The molecule has 0 aromatic heterocycles. The lowest BCUT2D eigenvalue weighted by Crippen LogP contribution is -2.30. The van der Waals surface area contributed by atoms with Crippen LogP contribution in [0.5, 0.6) is 0 Å². The number of benzene rings is 1. The number of carboxylic acids is 2. The van der Waals surface area contributed by atoms with Gasteiger partial charge in [0, 0.05) is 17.6 Å². The predicted molar refractivity (Wildman–Crippen MR) is 107 cm³/mol. The Hall–Kier alpha value is -0.710. The van der Waals surface area contributed by atoms with E-state index in [4.69, 9.17) is 0 Å². The van der Waals surface area contributed by atoms with Gasteiger partial charge in [-0.05, 0) is 67.8 Å². The van der Waals surface area contributed by atoms with Crippen LogP contribution < -0.4 is 5.32 Å². The molecule has 24 heavy (non-hydrogen) atoms. The van der Waals surface area contributed by atoms with Crippen LogP contribution in [-0.4, -0.2) is 47.2 Å². The minimum absolute atomic E-state index is 0.0152. The van der Waals surface area contributed by atoms with Crippen LogP contribution >= 0.6 is 67.8 Å². The van der Waals surface area contributed by atoms with E-state index in [2.05, 4.69) is 10.1 Å². The van der Waals surface area contributed by atoms with E-state index in [0.717, 1.165) is 0 Å². The number of rotatable bonds is 6. The fraction of sp³-hybridized carbons (Fsp3) is 0.231. The van der Waals surface area contributed by atoms with Crippen LogP contribution in [0.25, 0.3) is 0 Å². The van der Waals surface area contributed by atoms with E-state index in [1.165, 1.54) is 6.92 Å². The first-order chi connectivity index (χ1) is 11.1. The van der Waals surface area contributed by atoms with E-state index in [1.54, 1.807) is 67.8 Å². The molecule has 0 fully saturated rings. The number of ether oxygens (including phenoxy) is 1. The molecule has 1 rings (SSSR count). The molecule has 0 radical (unpaired) electrons. The minimum atomic E-state index is -1.32. The molecule has 11 heteroatoms. The van der Waals surface area contributed by atoms with Crippen molar-refractivity contribution in [2.45, 2.75) is 6.92 Å². The van der Waals surface area contributed by atoms with E-state index in [9.17, 15) is 29.4 Å². The highest BCUT2D eigenvalue weighted by Crippen LogP contribution is 2.32. The van der Waals surface area contributed by atoms with Crippen molar-refractivity contribution in [2.24, 2.45) is 0 Å². The Morgan fingerprint density at radius 3 is 1.71 bits per heavy atom. The number of halogens is 3. The van der Waals surface area contributed by atoms with E-state index >= 15 is 0 Å². The number of aromatic carboxylic acids is 2. The molecule has 130 valence electrons. The molecule has 0 atom stereocenters. The number of carbonyl (C=O) groups is 4. The summed E-state index contributed by atoms with van der Waals surface area (Å²) in [5, 5.41) is 21.1. The molecule has 0 unspecified atom stereocenters. The van der Waals surface area contributed by atoms with Gasteiger partial charge in [-0.1, -0.05) is 0 Å². The van der Waals surface area contributed by atoms with Crippen LogP contribution in [0.1, 0.15) is 38.0 Å². The van der Waals surface area contributed by atoms with Crippen molar-refractivity contribution in [3.8, 4) is 0 Å². The maximum Gasteiger partial charge on any atom is 0.337 e. The first-order valence-electron chi connectivity index (χ1n) is 6.18. The summed E-state index contributed by atoms with van der Waals surface area (Å²) in [6, 6.07) is 0. The summed E-state index contributed by atoms with van der Waals surface area (Å²) in [4.78, 5) is 45.9. The third-order valence-corrected chi connectivity index (χ3v) is 5.90. The molecule has 0 aliphatic carbocycles. The van der Waals surface area contributed by atoms with Crippen molar-refractivity contribution in [1.82, 2.24) is 5.32 Å². The number of hydrogen-bond donors (Lipinski definition) is 3. The summed E-state index contributed by atoms with van der Waals surface area (Å²) in [7, 11) is 0. The highest BCUT2D eigenvalue weighted by Gasteiger charge is 2.30. The number of carbonyl (C=O) groups excluding carboxylic acids is 2. The topological polar surface area (TPSA) is 130 Å². The predicted octanol–water partition coefficient (Wildman–Crippen LogP) is 2.19. The molecule has 1 amide bonds. The lowest BCUT2D eigenvalue weighted by Gasteiger charge is -2.15. The Labute approximate surface area is 177 Å². The molecule has 0 spiro atoms. The molecule has 0 aliphatic heterocycles. The normalized spacial score (nSPS) is 10.2. The average molecular weight is 673 g/mol. The van der Waals surface area contributed by atoms with Gasteiger partial charge in [0.2, 0.25) is 0 Å². The van der Waals surface area contributed by atoms with E-state index in [1.807, 2.05) is 0 Å². The zero-order chi connectivity index (χ0) is 18.6. The van der Waals surface area contributed by atoms with Gasteiger partial charge in [0.25, 0.3) is 5.91 Å². The van der Waals surface area contributed by atoms with Gasteiger partial charge in [0.15, 0.2) is 0 Å². The van der Waals surface area contributed by atoms with Gasteiger partial charge in [0.1, 0.15) is 6.61 Å². The van der Waals surface area contributed by atoms with Gasteiger partial charge in [-0.25, -0.2) is 9.59 Å². The van der Waals surface area contributed by atoms with Gasteiger partial charge < -0.3 is 20.3 Å². The molecule has 1 aromatic carbocycles. The zero-order valence-electron chi connectivity index (χ0n) is 12.0. The number of esters is 1. The van der Waals surface area contributed by atoms with Crippen molar-refractivity contribution in [2.75, 3.05) is 13.2 Å². The fourth-order valence-electron chi connectivity index (χ4n) is 1.69. The Balaban J connectivity index is 3.31. The van der Waals surface area contributed by atoms with Gasteiger partial charge >= 0.3 is 17.9 Å². The van der Waals surface area contributed by atoms with Gasteiger partial charge in [-0.15, -0.1) is 0 Å². The molecule has 0 saturated heterocycles. The van der Waals surface area contributed by atoms with E-state index in [0.29, 0.717) is 0 Å². The Bertz CT molecular complexity index is 692. The second-order valence-electron chi connectivity index (χ2n) is 4.27. The lowest BCUT2D eigenvalue weighted by molar-refractivity contribution is -0.140. The number of nitrogens with one attached hydrogen (secondary N) is 1. The Morgan fingerprint density at radius 1 is 0.917 bits per heavy atom. The van der Waals surface area contributed by atoms with Crippen molar-refractivity contribution in [1.29, 1.82) is 0 Å². The first kappa shape index (κ1) is 21.3. The van der Waals surface area contributed by atoms with Crippen molar-refractivity contribution < 1.29 is 34.1 Å². The molecule has 0 aliphatic rings. The maximum atomic E-state index is 12.3. The summed E-state index contributed by atoms with van der Waals surface area (Å²) in [5.41, 5.74) is -0.507. The van der Waals surface area contributed by atoms with Crippen LogP contribution in [0.15, 0.2) is 0 Å². The van der Waals surface area contributed by atoms with Crippen molar-refractivity contribution in [3.05, 3.63) is 27.4 Å². The van der Waals surface area contributed by atoms with Crippen LogP contribution in [0, 0.1) is 10.7 Å². The smallest absolute Gasteiger partial charge is 0.337 e. The minimum Gasteiger partial charge on any atom is -0.478 e. The second-order valence-corrected chi connectivity index (χ2v) is 7.51. The summed E-state index contributed by atoms with van der Waals surface area (Å²) in [6.07, 6.45) is 0. The monoisotopic (exact) mass is 673 g/mol. The highest BCUT2D eigenvalue weighted by molar-refractivity contribution is 14.1. The number of hydrogen-bond acceptors (Lipinski definition) is 5. The molecular weight excluding hydrogens is 663 g/mol. The van der Waals surface area contributed by atoms with Crippen LogP contribution in [0.4, 0.5) is 0 Å². The van der Waals surface area contributed by atoms with Gasteiger partial charge in [0.05, 0.1) is 23.2 Å². The van der Waals surface area contributed by atoms with Crippen LogP contribution in [0.3, 0.4) is 0 Å². The molecular formula is C13H10I3NO7. The maximum absolute atomic E-state index is 12.3. The largest absolute Gasteiger partial charge is 0.478 e. The molecule has 3 N–H and O–H groups in total. The molecule has 0 heterocycles. The lowest BCUT2D eigenvalue weighted by atomic mass is 10.0. The average Bonchev–Trinajstić information content (AvgIpc) is 2.42. The summed E-state index contributed by atoms with van der Waals surface area (Å²) < 4.78 is 5.02. The van der Waals surface area contributed by atoms with E-state index < -0.39 is 23.8 Å². The molecule has 0 saturated carbocycles. The van der Waals surface area contributed by atoms with Crippen molar-refractivity contribution in [3.63, 3.8) is 0 Å². The first-order valence-corrected chi connectivity index (χ1v) is 9.41. The van der Waals surface area contributed by atoms with Crippen LogP contribution in [-0.2, 0) is 9.53 Å². The Morgan fingerprint density at radius 2 is 1.33 bits per heavy atom. The third kappa shape index (κ3) is 4.90. The summed E-state index contributed by atoms with van der Waals surface area (Å²) in [6.45, 7) is 1.20. The zero-order valence-corrected chi connectivity index (χ0v) is 18.5. The molecule has 1 aromatic rings. The van der Waals surface area contributed by atoms with Crippen molar-refractivity contribution >= 4 is 91.6 Å². The standard InChI is InChI=1S/C13H10I3NO7/c1-4(18)24-3-2-17-11(19)5-8(14)6(12(20)21)10(16)7(9(5)15)13(22)23/h2-3H2,1H3,(H,17,19)(H,20,21)(H,22,23). The SMILES string of the molecule is CC(=O)OCCNC(=O)c1c(I)c(C(=O)O)c(I)c(C(=O)O)c1I. The molecule has 8 nitrogen and oxygen atoms in total. The highest BCUT2D eigenvalue weighted by atomic mass is 127. The number of carboxylic acid groups (broad SMARTS) is 2. The quantitative estimate of drug-likeness (QED) is 0.240. The fourth-order valence-corrected chi connectivity index (χ4v) is 6.27.